The van der Waals surface area contributed by atoms with E-state index in [1.165, 1.54) is 22.4 Å². The summed E-state index contributed by atoms with van der Waals surface area (Å²) in [5, 5.41) is 14.0. The highest BCUT2D eigenvalue weighted by Crippen LogP contribution is 2.41. The molecule has 1 atom stereocenters. The summed E-state index contributed by atoms with van der Waals surface area (Å²) in [6.07, 6.45) is 2.24. The number of fused-ring (bicyclic) bond motifs is 3. The van der Waals surface area contributed by atoms with E-state index < -0.39 is 5.97 Å². The lowest BCUT2D eigenvalue weighted by atomic mass is 9.89. The third-order valence-electron chi connectivity index (χ3n) is 6.53. The Labute approximate surface area is 191 Å². The van der Waals surface area contributed by atoms with Gasteiger partial charge in [0.1, 0.15) is 0 Å². The van der Waals surface area contributed by atoms with Crippen molar-refractivity contribution in [3.8, 4) is 16.8 Å². The Kier molecular flexibility index (Phi) is 4.61. The molecule has 0 radical (unpaired) electrons. The van der Waals surface area contributed by atoms with Gasteiger partial charge in [-0.3, -0.25) is 0 Å². The Bertz CT molecular complexity index is 1400. The Morgan fingerprint density at radius 2 is 1.73 bits per heavy atom. The molecule has 2 aliphatic rings. The van der Waals surface area contributed by atoms with Crippen LogP contribution in [0, 0.1) is 0 Å². The topological polar surface area (TPSA) is 63.8 Å². The maximum absolute atomic E-state index is 11.7. The molecule has 0 fully saturated rings. The van der Waals surface area contributed by atoms with Gasteiger partial charge in [-0.25, -0.2) is 4.79 Å². The number of carbonyl (C=O) groups is 1. The van der Waals surface area contributed by atoms with Gasteiger partial charge < -0.3 is 14.5 Å². The van der Waals surface area contributed by atoms with Gasteiger partial charge in [-0.05, 0) is 53.8 Å². The lowest BCUT2D eigenvalue weighted by molar-refractivity contribution is 0.0697. The van der Waals surface area contributed by atoms with Gasteiger partial charge in [0.15, 0.2) is 6.10 Å². The molecule has 0 bridgehead atoms. The van der Waals surface area contributed by atoms with Crippen LogP contribution in [0.5, 0.6) is 0 Å². The second kappa shape index (κ2) is 7.78. The van der Waals surface area contributed by atoms with Crippen LogP contribution in [0.3, 0.4) is 0 Å². The average molecular weight is 434 g/mol. The third kappa shape index (κ3) is 3.33. The number of carboxylic acids is 1. The maximum atomic E-state index is 11.7. The zero-order chi connectivity index (χ0) is 22.4. The van der Waals surface area contributed by atoms with Crippen LogP contribution in [0.1, 0.15) is 45.4 Å². The molecular formula is C28H22N2O3. The van der Waals surface area contributed by atoms with E-state index in [1.54, 1.807) is 18.2 Å². The van der Waals surface area contributed by atoms with Crippen LogP contribution in [0.4, 0.5) is 0 Å². The van der Waals surface area contributed by atoms with E-state index >= 15 is 0 Å². The first-order valence-electron chi connectivity index (χ1n) is 11.1. The lowest BCUT2D eigenvalue weighted by Gasteiger charge is -2.21. The van der Waals surface area contributed by atoms with Gasteiger partial charge in [-0.15, -0.1) is 0 Å². The number of nitrogens with zero attached hydrogens (tertiary/aromatic N) is 2. The summed E-state index contributed by atoms with van der Waals surface area (Å²) < 4.78 is 2.19. The maximum Gasteiger partial charge on any atom is 0.335 e. The summed E-state index contributed by atoms with van der Waals surface area (Å²) in [7, 11) is 0. The molecule has 5 heteroatoms. The molecule has 1 aliphatic heterocycles. The van der Waals surface area contributed by atoms with E-state index in [1.807, 2.05) is 36.4 Å². The zero-order valence-corrected chi connectivity index (χ0v) is 17.9. The molecular weight excluding hydrogens is 412 g/mol. The predicted octanol–water partition coefficient (Wildman–Crippen LogP) is 5.81. The van der Waals surface area contributed by atoms with Gasteiger partial charge in [0.25, 0.3) is 0 Å². The SMILES string of the molecule is O=C(O)c1cccc(-n2c(C3CC(c4ccccc4)=NO3)cc3c2CCc2ccccc2-3)c1. The number of oxime groups is 1. The smallest absolute Gasteiger partial charge is 0.335 e. The first-order valence-corrected chi connectivity index (χ1v) is 11.1. The van der Waals surface area contributed by atoms with E-state index in [4.69, 9.17) is 4.84 Å². The van der Waals surface area contributed by atoms with Crippen LogP contribution in [0.25, 0.3) is 16.8 Å². The summed E-state index contributed by atoms with van der Waals surface area (Å²) in [6, 6.07) is 27.9. The molecule has 5 nitrogen and oxygen atoms in total. The first-order chi connectivity index (χ1) is 16.2. The van der Waals surface area contributed by atoms with Gasteiger partial charge in [0, 0.05) is 23.4 Å². The van der Waals surface area contributed by atoms with Crippen molar-refractivity contribution in [2.45, 2.75) is 25.4 Å². The molecule has 2 heterocycles. The van der Waals surface area contributed by atoms with E-state index in [-0.39, 0.29) is 11.7 Å². The fourth-order valence-electron chi connectivity index (χ4n) is 4.96. The average Bonchev–Trinajstić information content (AvgIpc) is 3.50. The minimum atomic E-state index is -0.934. The summed E-state index contributed by atoms with van der Waals surface area (Å²) in [6.45, 7) is 0. The Hall–Kier alpha value is -4.12. The second-order valence-corrected chi connectivity index (χ2v) is 8.48. The van der Waals surface area contributed by atoms with Crippen LogP contribution >= 0.6 is 0 Å². The van der Waals surface area contributed by atoms with Crippen LogP contribution < -0.4 is 0 Å². The summed E-state index contributed by atoms with van der Waals surface area (Å²) in [5.74, 6) is -0.934. The zero-order valence-electron chi connectivity index (χ0n) is 17.9. The van der Waals surface area contributed by atoms with Crippen LogP contribution in [0.15, 0.2) is 90.1 Å². The Morgan fingerprint density at radius 1 is 0.909 bits per heavy atom. The Morgan fingerprint density at radius 3 is 2.58 bits per heavy atom. The number of aryl methyl sites for hydroxylation is 1. The second-order valence-electron chi connectivity index (χ2n) is 8.48. The van der Waals surface area contributed by atoms with Crippen molar-refractivity contribution >= 4 is 11.7 Å². The van der Waals surface area contributed by atoms with Crippen LogP contribution in [0.2, 0.25) is 0 Å². The van der Waals surface area contributed by atoms with Crippen molar-refractivity contribution in [3.63, 3.8) is 0 Å². The van der Waals surface area contributed by atoms with Crippen molar-refractivity contribution in [2.24, 2.45) is 5.16 Å². The molecule has 33 heavy (non-hydrogen) atoms. The molecule has 1 aromatic heterocycles. The predicted molar refractivity (Wildman–Crippen MR) is 127 cm³/mol. The number of aromatic carboxylic acids is 1. The summed E-state index contributed by atoms with van der Waals surface area (Å²) in [5.41, 5.74) is 9.01. The monoisotopic (exact) mass is 434 g/mol. The molecule has 1 unspecified atom stereocenters. The Balaban J connectivity index is 1.48. The van der Waals surface area contributed by atoms with Gasteiger partial charge in [0.2, 0.25) is 0 Å². The highest BCUT2D eigenvalue weighted by atomic mass is 16.6. The number of rotatable bonds is 4. The third-order valence-corrected chi connectivity index (χ3v) is 6.53. The van der Waals surface area contributed by atoms with Crippen molar-refractivity contribution in [1.82, 2.24) is 4.57 Å². The highest BCUT2D eigenvalue weighted by Gasteiger charge is 2.31. The summed E-state index contributed by atoms with van der Waals surface area (Å²) in [4.78, 5) is 17.6. The number of benzene rings is 3. The summed E-state index contributed by atoms with van der Waals surface area (Å²) >= 11 is 0. The largest absolute Gasteiger partial charge is 0.478 e. The van der Waals surface area contributed by atoms with Gasteiger partial charge in [-0.1, -0.05) is 65.8 Å². The molecule has 1 aliphatic carbocycles. The molecule has 0 amide bonds. The van der Waals surface area contributed by atoms with Crippen molar-refractivity contribution in [1.29, 1.82) is 0 Å². The van der Waals surface area contributed by atoms with E-state index in [2.05, 4.69) is 40.1 Å². The standard InChI is InChI=1S/C28H22N2O3/c31-28(32)20-10-6-11-21(15-20)30-25-14-13-18-7-4-5-12-22(18)23(25)16-26(30)27-17-24(29-33-27)19-8-2-1-3-9-19/h1-12,15-16,27H,13-14,17H2,(H,31,32). The molecule has 4 aromatic rings. The van der Waals surface area contributed by atoms with Gasteiger partial charge in [-0.2, -0.15) is 0 Å². The molecule has 3 aromatic carbocycles. The van der Waals surface area contributed by atoms with Gasteiger partial charge in [0.05, 0.1) is 17.0 Å². The molecule has 0 saturated heterocycles. The fourth-order valence-corrected chi connectivity index (χ4v) is 4.96. The van der Waals surface area contributed by atoms with E-state index in [0.29, 0.717) is 6.42 Å². The molecule has 162 valence electrons. The molecule has 6 rings (SSSR count). The minimum absolute atomic E-state index is 0.244. The molecule has 0 saturated carbocycles. The number of hydrogen-bond acceptors (Lipinski definition) is 3. The number of carboxylic acid groups (broad SMARTS) is 1. The van der Waals surface area contributed by atoms with Gasteiger partial charge >= 0.3 is 5.97 Å². The quantitative estimate of drug-likeness (QED) is 0.441. The van der Waals surface area contributed by atoms with Crippen molar-refractivity contribution < 1.29 is 14.7 Å². The fraction of sp³-hybridized carbons (Fsp3) is 0.143. The van der Waals surface area contributed by atoms with Crippen molar-refractivity contribution in [3.05, 3.63) is 113 Å². The van der Waals surface area contributed by atoms with Crippen LogP contribution in [-0.4, -0.2) is 21.4 Å². The number of aromatic nitrogens is 1. The normalized spacial score (nSPS) is 16.5. The van der Waals surface area contributed by atoms with Crippen LogP contribution in [-0.2, 0) is 17.7 Å². The first kappa shape index (κ1) is 19.6. The minimum Gasteiger partial charge on any atom is -0.478 e. The van der Waals surface area contributed by atoms with E-state index in [9.17, 15) is 9.90 Å². The lowest BCUT2D eigenvalue weighted by Crippen LogP contribution is -2.12. The molecule has 0 spiro atoms. The number of hydrogen-bond donors (Lipinski definition) is 1. The highest BCUT2D eigenvalue weighted by molar-refractivity contribution is 6.01. The van der Waals surface area contributed by atoms with Crippen molar-refractivity contribution in [2.75, 3.05) is 0 Å². The van der Waals surface area contributed by atoms with E-state index in [0.717, 1.165) is 35.5 Å². The molecule has 1 N–H and O–H groups in total.